The summed E-state index contributed by atoms with van der Waals surface area (Å²) in [5, 5.41) is 16.5. The Morgan fingerprint density at radius 1 is 1.00 bits per heavy atom. The lowest BCUT2D eigenvalue weighted by Crippen LogP contribution is -2.01. The molecular weight excluding hydrogens is 124 g/mol. The Morgan fingerprint density at radius 2 is 1.40 bits per heavy atom. The maximum absolute atomic E-state index is 8.25. The van der Waals surface area contributed by atoms with Crippen molar-refractivity contribution in [2.24, 2.45) is 0 Å². The second-order valence-corrected chi connectivity index (χ2v) is 2.10. The number of nitrogens with zero attached hydrogens (tertiary/aromatic N) is 2. The van der Waals surface area contributed by atoms with Crippen LogP contribution in [-0.4, -0.2) is 0 Å². The summed E-state index contributed by atoms with van der Waals surface area (Å²) in [4.78, 5) is 0. The van der Waals surface area contributed by atoms with Crippen LogP contribution in [0.4, 0.5) is 0 Å². The molecule has 2 nitrogen and oxygen atoms in total. The molecule has 10 heavy (non-hydrogen) atoms. The van der Waals surface area contributed by atoms with Crippen molar-refractivity contribution in [2.75, 3.05) is 0 Å². The first kappa shape index (κ1) is 6.58. The highest BCUT2D eigenvalue weighted by molar-refractivity contribution is 5.44. The highest BCUT2D eigenvalue weighted by atomic mass is 14.3. The summed E-state index contributed by atoms with van der Waals surface area (Å²) in [5.74, 6) is 0. The van der Waals surface area contributed by atoms with Gasteiger partial charge >= 0.3 is 0 Å². The second kappa shape index (κ2) is 2.85. The SMILES string of the molecule is N#CC=C1CCC1=CC#N. The van der Waals surface area contributed by atoms with E-state index in [1.165, 1.54) is 12.2 Å². The van der Waals surface area contributed by atoms with Gasteiger partial charge in [0.1, 0.15) is 0 Å². The smallest absolute Gasteiger partial charge is 0.0915 e. The average Bonchev–Trinajstić information content (AvgIpc) is 1.93. The zero-order valence-corrected chi connectivity index (χ0v) is 5.46. The van der Waals surface area contributed by atoms with E-state index in [4.69, 9.17) is 10.5 Å². The van der Waals surface area contributed by atoms with Crippen LogP contribution < -0.4 is 0 Å². The van der Waals surface area contributed by atoms with Crippen molar-refractivity contribution in [3.8, 4) is 12.1 Å². The molecule has 0 amide bonds. The van der Waals surface area contributed by atoms with Crippen LogP contribution in [0, 0.1) is 22.7 Å². The molecule has 0 unspecified atom stereocenters. The Bertz CT molecular complexity index is 241. The van der Waals surface area contributed by atoms with Crippen LogP contribution in [0.15, 0.2) is 23.3 Å². The topological polar surface area (TPSA) is 47.6 Å². The largest absolute Gasteiger partial charge is 0.193 e. The van der Waals surface area contributed by atoms with Gasteiger partial charge in [-0.25, -0.2) is 0 Å². The van der Waals surface area contributed by atoms with Gasteiger partial charge in [0, 0.05) is 12.2 Å². The van der Waals surface area contributed by atoms with E-state index in [-0.39, 0.29) is 0 Å². The van der Waals surface area contributed by atoms with E-state index >= 15 is 0 Å². The van der Waals surface area contributed by atoms with E-state index in [1.807, 2.05) is 12.1 Å². The molecule has 0 N–H and O–H groups in total. The maximum Gasteiger partial charge on any atom is 0.0915 e. The molecule has 0 bridgehead atoms. The fraction of sp³-hybridized carbons (Fsp3) is 0.250. The summed E-state index contributed by atoms with van der Waals surface area (Å²) in [5.41, 5.74) is 2.04. The first-order valence-electron chi connectivity index (χ1n) is 3.06. The molecule has 2 heteroatoms. The van der Waals surface area contributed by atoms with E-state index in [1.54, 1.807) is 0 Å². The van der Waals surface area contributed by atoms with E-state index < -0.39 is 0 Å². The lowest BCUT2D eigenvalue weighted by atomic mass is 9.85. The van der Waals surface area contributed by atoms with Crippen molar-refractivity contribution >= 4 is 0 Å². The molecule has 0 saturated heterocycles. The van der Waals surface area contributed by atoms with E-state index in [2.05, 4.69) is 0 Å². The Balaban J connectivity index is 2.73. The molecular formula is C8H6N2. The maximum atomic E-state index is 8.25. The molecule has 0 aromatic rings. The molecule has 0 radical (unpaired) electrons. The summed E-state index contributed by atoms with van der Waals surface area (Å²) < 4.78 is 0. The Labute approximate surface area is 59.7 Å². The molecule has 0 aromatic carbocycles. The third kappa shape index (κ3) is 1.06. The molecule has 0 spiro atoms. The molecule has 1 rings (SSSR count). The monoisotopic (exact) mass is 130 g/mol. The van der Waals surface area contributed by atoms with Gasteiger partial charge in [-0.1, -0.05) is 0 Å². The third-order valence-corrected chi connectivity index (χ3v) is 1.55. The van der Waals surface area contributed by atoms with Crippen molar-refractivity contribution in [3.05, 3.63) is 23.3 Å². The fourth-order valence-corrected chi connectivity index (χ4v) is 0.899. The van der Waals surface area contributed by atoms with E-state index in [0.717, 1.165) is 24.0 Å². The number of hydrogen-bond donors (Lipinski definition) is 0. The van der Waals surface area contributed by atoms with Crippen LogP contribution in [-0.2, 0) is 0 Å². The molecule has 0 aliphatic heterocycles. The summed E-state index contributed by atoms with van der Waals surface area (Å²) in [6.07, 6.45) is 4.90. The van der Waals surface area contributed by atoms with Crippen molar-refractivity contribution in [2.45, 2.75) is 12.8 Å². The van der Waals surface area contributed by atoms with Gasteiger partial charge in [0.2, 0.25) is 0 Å². The molecule has 1 aliphatic carbocycles. The number of nitriles is 2. The van der Waals surface area contributed by atoms with Gasteiger partial charge < -0.3 is 0 Å². The van der Waals surface area contributed by atoms with E-state index in [0.29, 0.717) is 0 Å². The van der Waals surface area contributed by atoms with Gasteiger partial charge in [-0.3, -0.25) is 0 Å². The van der Waals surface area contributed by atoms with Crippen molar-refractivity contribution in [3.63, 3.8) is 0 Å². The predicted molar refractivity (Wildman–Crippen MR) is 36.6 cm³/mol. The van der Waals surface area contributed by atoms with Gasteiger partial charge in [0.25, 0.3) is 0 Å². The van der Waals surface area contributed by atoms with Crippen LogP contribution in [0.2, 0.25) is 0 Å². The third-order valence-electron chi connectivity index (χ3n) is 1.55. The second-order valence-electron chi connectivity index (χ2n) is 2.10. The molecule has 1 saturated carbocycles. The lowest BCUT2D eigenvalue weighted by Gasteiger charge is -2.18. The van der Waals surface area contributed by atoms with Gasteiger partial charge in [0.05, 0.1) is 12.1 Å². The van der Waals surface area contributed by atoms with Crippen molar-refractivity contribution < 1.29 is 0 Å². The first-order valence-corrected chi connectivity index (χ1v) is 3.06. The quantitative estimate of drug-likeness (QED) is 0.468. The van der Waals surface area contributed by atoms with Crippen molar-refractivity contribution in [1.29, 1.82) is 10.5 Å². The predicted octanol–water partition coefficient (Wildman–Crippen LogP) is 1.68. The van der Waals surface area contributed by atoms with Gasteiger partial charge in [-0.05, 0) is 24.0 Å². The highest BCUT2D eigenvalue weighted by Gasteiger charge is 2.14. The molecule has 1 aliphatic rings. The fourth-order valence-electron chi connectivity index (χ4n) is 0.899. The van der Waals surface area contributed by atoms with Crippen LogP contribution in [0.3, 0.4) is 0 Å². The summed E-state index contributed by atoms with van der Waals surface area (Å²) >= 11 is 0. The van der Waals surface area contributed by atoms with Gasteiger partial charge in [-0.15, -0.1) is 0 Å². The normalized spacial score (nSPS) is 23.4. The molecule has 0 atom stereocenters. The van der Waals surface area contributed by atoms with Crippen LogP contribution in [0.25, 0.3) is 0 Å². The summed E-state index contributed by atoms with van der Waals surface area (Å²) in [6.45, 7) is 0. The number of hydrogen-bond acceptors (Lipinski definition) is 2. The zero-order chi connectivity index (χ0) is 7.40. The molecule has 0 aromatic heterocycles. The van der Waals surface area contributed by atoms with Gasteiger partial charge in [0.15, 0.2) is 0 Å². The standard InChI is InChI=1S/C8H6N2/c9-5-3-7-1-2-8(7)4-6-10/h3-4H,1-2H2. The minimum atomic E-state index is 0.946. The Morgan fingerprint density at radius 3 is 1.60 bits per heavy atom. The minimum Gasteiger partial charge on any atom is -0.193 e. The summed E-state index contributed by atoms with van der Waals surface area (Å²) in [7, 11) is 0. The average molecular weight is 130 g/mol. The first-order chi connectivity index (χ1) is 4.88. The molecule has 48 valence electrons. The highest BCUT2D eigenvalue weighted by Crippen LogP contribution is 2.31. The van der Waals surface area contributed by atoms with Crippen LogP contribution >= 0.6 is 0 Å². The van der Waals surface area contributed by atoms with E-state index in [9.17, 15) is 0 Å². The van der Waals surface area contributed by atoms with Crippen LogP contribution in [0.1, 0.15) is 12.8 Å². The Hall–Kier alpha value is -1.54. The van der Waals surface area contributed by atoms with Crippen LogP contribution in [0.5, 0.6) is 0 Å². The molecule has 1 fully saturated rings. The zero-order valence-electron chi connectivity index (χ0n) is 5.46. The number of allylic oxidation sites excluding steroid dienone is 4. The van der Waals surface area contributed by atoms with Gasteiger partial charge in [-0.2, -0.15) is 10.5 Å². The Kier molecular flexibility index (Phi) is 1.87. The lowest BCUT2D eigenvalue weighted by molar-refractivity contribution is 0.825. The molecule has 0 heterocycles. The number of rotatable bonds is 0. The van der Waals surface area contributed by atoms with Crippen molar-refractivity contribution in [1.82, 2.24) is 0 Å². The summed E-state index contributed by atoms with van der Waals surface area (Å²) in [6, 6.07) is 3.89. The minimum absolute atomic E-state index is 0.946.